The average molecular weight is 409 g/mol. The monoisotopic (exact) mass is 408 g/mol. The molecule has 29 heavy (non-hydrogen) atoms. The molecule has 0 spiro atoms. The lowest BCUT2D eigenvalue weighted by Gasteiger charge is -2.30. The van der Waals surface area contributed by atoms with Gasteiger partial charge in [0, 0.05) is 25.7 Å². The number of hydrogen-bond donors (Lipinski definition) is 2. The van der Waals surface area contributed by atoms with E-state index in [-0.39, 0.29) is 36.2 Å². The number of likely N-dealkylation sites (N-methyl/N-ethyl adjacent to an activating group) is 1. The maximum absolute atomic E-state index is 13.0. The summed E-state index contributed by atoms with van der Waals surface area (Å²) >= 11 is 0. The summed E-state index contributed by atoms with van der Waals surface area (Å²) in [4.78, 5) is 51.4. The number of amides is 4. The Balaban J connectivity index is 2.91. The molecule has 0 bridgehead atoms. The van der Waals surface area contributed by atoms with Crippen LogP contribution < -0.4 is 10.6 Å². The minimum atomic E-state index is -0.446. The van der Waals surface area contributed by atoms with Crippen molar-refractivity contribution in [3.05, 3.63) is 11.6 Å². The first kappa shape index (κ1) is 24.7. The summed E-state index contributed by atoms with van der Waals surface area (Å²) in [6.07, 6.45) is 3.72. The molecule has 2 N–H and O–H groups in total. The van der Waals surface area contributed by atoms with Crippen LogP contribution in [0.25, 0.3) is 0 Å². The number of rotatable bonds is 10. The number of carbonyl (C=O) groups excluding carboxylic acids is 4. The van der Waals surface area contributed by atoms with Crippen LogP contribution in [0.3, 0.4) is 0 Å². The van der Waals surface area contributed by atoms with Crippen molar-refractivity contribution in [2.24, 2.45) is 11.8 Å². The highest BCUT2D eigenvalue weighted by atomic mass is 16.2. The lowest BCUT2D eigenvalue weighted by atomic mass is 9.99. The van der Waals surface area contributed by atoms with E-state index >= 15 is 0 Å². The topological polar surface area (TPSA) is 98.8 Å². The molecule has 8 nitrogen and oxygen atoms in total. The van der Waals surface area contributed by atoms with Crippen molar-refractivity contribution < 1.29 is 19.2 Å². The molecule has 0 aromatic heterocycles. The van der Waals surface area contributed by atoms with Crippen LogP contribution in [0.5, 0.6) is 0 Å². The van der Waals surface area contributed by atoms with E-state index in [1.165, 1.54) is 4.90 Å². The smallest absolute Gasteiger partial charge is 0.249 e. The zero-order valence-corrected chi connectivity index (χ0v) is 18.5. The fourth-order valence-electron chi connectivity index (χ4n) is 3.43. The molecule has 0 aromatic carbocycles. The molecule has 0 unspecified atom stereocenters. The summed E-state index contributed by atoms with van der Waals surface area (Å²) < 4.78 is 0. The standard InChI is InChI=1S/C21H36N4O4/c1-14(2)11-23-20(28)17-8-7-9-25(17)21(29)16(5)10-18(15(3)4)24(6)19(27)12-22-13-26/h10,13-15,17-18H,7-9,11-12H2,1-6H3,(H,22,26)(H,23,28)/b16-10+/t17-,18+/m0/s1. The van der Waals surface area contributed by atoms with Gasteiger partial charge in [-0.3, -0.25) is 19.2 Å². The maximum Gasteiger partial charge on any atom is 0.249 e. The Hall–Kier alpha value is -2.38. The van der Waals surface area contributed by atoms with E-state index in [9.17, 15) is 19.2 Å². The van der Waals surface area contributed by atoms with Gasteiger partial charge >= 0.3 is 0 Å². The molecule has 1 aliphatic heterocycles. The molecule has 164 valence electrons. The Bertz CT molecular complexity index is 630. The van der Waals surface area contributed by atoms with Gasteiger partial charge in [-0.2, -0.15) is 0 Å². The van der Waals surface area contributed by atoms with Crippen LogP contribution in [0, 0.1) is 11.8 Å². The Morgan fingerprint density at radius 1 is 1.21 bits per heavy atom. The predicted molar refractivity (Wildman–Crippen MR) is 112 cm³/mol. The molecule has 4 amide bonds. The molecule has 1 heterocycles. The molecule has 0 saturated carbocycles. The lowest BCUT2D eigenvalue weighted by Crippen LogP contribution is -2.47. The van der Waals surface area contributed by atoms with Crippen molar-refractivity contribution >= 4 is 24.1 Å². The van der Waals surface area contributed by atoms with Gasteiger partial charge in [0.05, 0.1) is 12.6 Å². The van der Waals surface area contributed by atoms with E-state index in [1.807, 2.05) is 27.7 Å². The number of likely N-dealkylation sites (tertiary alicyclic amines) is 1. The highest BCUT2D eigenvalue weighted by Gasteiger charge is 2.35. The normalized spacial score (nSPS) is 18.0. The van der Waals surface area contributed by atoms with Gasteiger partial charge in [-0.15, -0.1) is 0 Å². The first-order valence-electron chi connectivity index (χ1n) is 10.3. The van der Waals surface area contributed by atoms with Gasteiger partial charge in [-0.05, 0) is 31.6 Å². The van der Waals surface area contributed by atoms with Crippen LogP contribution in [0.1, 0.15) is 47.5 Å². The molecule has 0 aliphatic carbocycles. The summed E-state index contributed by atoms with van der Waals surface area (Å²) in [5.74, 6) is -0.0968. The molecule has 1 rings (SSSR count). The van der Waals surface area contributed by atoms with Crippen LogP contribution in [-0.2, 0) is 19.2 Å². The first-order valence-corrected chi connectivity index (χ1v) is 10.3. The Morgan fingerprint density at radius 2 is 1.86 bits per heavy atom. The van der Waals surface area contributed by atoms with Gasteiger partial charge < -0.3 is 20.4 Å². The van der Waals surface area contributed by atoms with Gasteiger partial charge in [0.1, 0.15) is 6.04 Å². The minimum absolute atomic E-state index is 0.0756. The molecule has 0 radical (unpaired) electrons. The highest BCUT2D eigenvalue weighted by Crippen LogP contribution is 2.21. The Labute approximate surface area is 174 Å². The van der Waals surface area contributed by atoms with Gasteiger partial charge in [0.25, 0.3) is 0 Å². The fourth-order valence-corrected chi connectivity index (χ4v) is 3.43. The quantitative estimate of drug-likeness (QED) is 0.415. The lowest BCUT2D eigenvalue weighted by molar-refractivity contribution is -0.135. The molecule has 0 aromatic rings. The van der Waals surface area contributed by atoms with Crippen LogP contribution in [0.4, 0.5) is 0 Å². The molecule has 8 heteroatoms. The van der Waals surface area contributed by atoms with Crippen LogP contribution >= 0.6 is 0 Å². The van der Waals surface area contributed by atoms with Crippen molar-refractivity contribution in [2.45, 2.75) is 59.5 Å². The number of nitrogens with one attached hydrogen (secondary N) is 2. The van der Waals surface area contributed by atoms with Crippen molar-refractivity contribution in [3.8, 4) is 0 Å². The SMILES string of the molecule is C/C(=C\[C@H](C(C)C)N(C)C(=O)CNC=O)C(=O)N1CCC[C@H]1C(=O)NCC(C)C. The molecule has 1 saturated heterocycles. The molecule has 2 atom stereocenters. The fraction of sp³-hybridized carbons (Fsp3) is 0.714. The van der Waals surface area contributed by atoms with Gasteiger partial charge in [-0.25, -0.2) is 0 Å². The second-order valence-corrected chi connectivity index (χ2v) is 8.38. The largest absolute Gasteiger partial charge is 0.354 e. The summed E-state index contributed by atoms with van der Waals surface area (Å²) in [6, 6.07) is -0.742. The van der Waals surface area contributed by atoms with E-state index in [1.54, 1.807) is 24.9 Å². The highest BCUT2D eigenvalue weighted by molar-refractivity contribution is 5.97. The van der Waals surface area contributed by atoms with Crippen LogP contribution in [0.2, 0.25) is 0 Å². The van der Waals surface area contributed by atoms with E-state index in [2.05, 4.69) is 10.6 Å². The summed E-state index contributed by atoms with van der Waals surface area (Å²) in [5, 5.41) is 5.29. The van der Waals surface area contributed by atoms with Crippen LogP contribution in [-0.4, -0.2) is 72.7 Å². The number of nitrogens with zero attached hydrogens (tertiary/aromatic N) is 2. The Morgan fingerprint density at radius 3 is 2.41 bits per heavy atom. The third-order valence-electron chi connectivity index (χ3n) is 5.12. The molecule has 1 fully saturated rings. The third-order valence-corrected chi connectivity index (χ3v) is 5.12. The third kappa shape index (κ3) is 7.18. The first-order chi connectivity index (χ1) is 13.6. The van der Waals surface area contributed by atoms with Gasteiger partial charge in [0.15, 0.2) is 0 Å². The van der Waals surface area contributed by atoms with E-state index in [0.29, 0.717) is 37.4 Å². The maximum atomic E-state index is 13.0. The Kier molecular flexibility index (Phi) is 9.85. The van der Waals surface area contributed by atoms with Crippen LogP contribution in [0.15, 0.2) is 11.6 Å². The molecular weight excluding hydrogens is 372 g/mol. The van der Waals surface area contributed by atoms with Crippen molar-refractivity contribution in [2.75, 3.05) is 26.7 Å². The van der Waals surface area contributed by atoms with Crippen molar-refractivity contribution in [1.82, 2.24) is 20.4 Å². The zero-order valence-electron chi connectivity index (χ0n) is 18.5. The van der Waals surface area contributed by atoms with E-state index in [4.69, 9.17) is 0 Å². The zero-order chi connectivity index (χ0) is 22.1. The molecular formula is C21H36N4O4. The van der Waals surface area contributed by atoms with Gasteiger partial charge in [0.2, 0.25) is 24.1 Å². The van der Waals surface area contributed by atoms with E-state index in [0.717, 1.165) is 6.42 Å². The number of hydrogen-bond acceptors (Lipinski definition) is 4. The predicted octanol–water partition coefficient (Wildman–Crippen LogP) is 0.925. The van der Waals surface area contributed by atoms with Crippen molar-refractivity contribution in [3.63, 3.8) is 0 Å². The average Bonchev–Trinajstić information content (AvgIpc) is 3.16. The van der Waals surface area contributed by atoms with Crippen molar-refractivity contribution in [1.29, 1.82) is 0 Å². The number of carbonyl (C=O) groups is 4. The van der Waals surface area contributed by atoms with E-state index < -0.39 is 6.04 Å². The second kappa shape index (κ2) is 11.6. The summed E-state index contributed by atoms with van der Waals surface area (Å²) in [7, 11) is 1.66. The minimum Gasteiger partial charge on any atom is -0.354 e. The summed E-state index contributed by atoms with van der Waals surface area (Å²) in [5.41, 5.74) is 0.509. The molecule has 1 aliphatic rings. The van der Waals surface area contributed by atoms with Gasteiger partial charge in [-0.1, -0.05) is 33.8 Å². The second-order valence-electron chi connectivity index (χ2n) is 8.38. The summed E-state index contributed by atoms with van der Waals surface area (Å²) in [6.45, 7) is 10.8.